The SMILES string of the molecule is CC1CCN(Cc2ccc(NC(=O)CNC(=O)[C@@H](N)C(C)C)cc2)CC1. The predicted octanol–water partition coefficient (Wildman–Crippen LogP) is 1.96. The summed E-state index contributed by atoms with van der Waals surface area (Å²) in [6.45, 7) is 9.23. The zero-order chi connectivity index (χ0) is 19.1. The smallest absolute Gasteiger partial charge is 0.243 e. The summed E-state index contributed by atoms with van der Waals surface area (Å²) in [5, 5.41) is 5.36. The lowest BCUT2D eigenvalue weighted by molar-refractivity contribution is -0.125. The van der Waals surface area contributed by atoms with Gasteiger partial charge in [-0.25, -0.2) is 0 Å². The number of nitrogens with one attached hydrogen (secondary N) is 2. The van der Waals surface area contributed by atoms with E-state index in [0.717, 1.165) is 31.2 Å². The van der Waals surface area contributed by atoms with Crippen LogP contribution in [0.5, 0.6) is 0 Å². The van der Waals surface area contributed by atoms with E-state index >= 15 is 0 Å². The molecular weight excluding hydrogens is 328 g/mol. The summed E-state index contributed by atoms with van der Waals surface area (Å²) in [6, 6.07) is 7.30. The molecule has 6 heteroatoms. The van der Waals surface area contributed by atoms with E-state index in [1.54, 1.807) is 0 Å². The number of piperidine rings is 1. The third-order valence-corrected chi connectivity index (χ3v) is 4.96. The van der Waals surface area contributed by atoms with Crippen molar-refractivity contribution in [3.05, 3.63) is 29.8 Å². The van der Waals surface area contributed by atoms with Gasteiger partial charge in [-0.05, 0) is 55.5 Å². The molecule has 0 unspecified atom stereocenters. The van der Waals surface area contributed by atoms with E-state index in [1.807, 2.05) is 38.1 Å². The fraction of sp³-hybridized carbons (Fsp3) is 0.600. The van der Waals surface area contributed by atoms with E-state index in [9.17, 15) is 9.59 Å². The monoisotopic (exact) mass is 360 g/mol. The average molecular weight is 361 g/mol. The van der Waals surface area contributed by atoms with Crippen LogP contribution in [0.1, 0.15) is 39.2 Å². The Labute approximate surface area is 156 Å². The molecule has 0 bridgehead atoms. The highest BCUT2D eigenvalue weighted by Crippen LogP contribution is 2.19. The molecule has 1 atom stereocenters. The number of carbonyl (C=O) groups is 2. The Morgan fingerprint density at radius 1 is 1.19 bits per heavy atom. The van der Waals surface area contributed by atoms with Crippen molar-refractivity contribution in [1.29, 1.82) is 0 Å². The maximum absolute atomic E-state index is 12.0. The van der Waals surface area contributed by atoms with Crippen molar-refractivity contribution in [3.8, 4) is 0 Å². The molecule has 6 nitrogen and oxygen atoms in total. The zero-order valence-electron chi connectivity index (χ0n) is 16.1. The highest BCUT2D eigenvalue weighted by molar-refractivity contribution is 5.95. The summed E-state index contributed by atoms with van der Waals surface area (Å²) in [4.78, 5) is 26.2. The van der Waals surface area contributed by atoms with Gasteiger partial charge in [0.1, 0.15) is 0 Å². The standard InChI is InChI=1S/C20H32N4O2/c1-14(2)19(21)20(26)22-12-18(25)23-17-6-4-16(5-7-17)13-24-10-8-15(3)9-11-24/h4-7,14-15,19H,8-13,21H2,1-3H3,(H,22,26)(H,23,25)/t19-/m0/s1. The van der Waals surface area contributed by atoms with Crippen LogP contribution < -0.4 is 16.4 Å². The molecule has 2 amide bonds. The molecule has 1 saturated heterocycles. The largest absolute Gasteiger partial charge is 0.346 e. The maximum Gasteiger partial charge on any atom is 0.243 e. The molecule has 0 spiro atoms. The highest BCUT2D eigenvalue weighted by Gasteiger charge is 2.18. The van der Waals surface area contributed by atoms with Gasteiger partial charge >= 0.3 is 0 Å². The van der Waals surface area contributed by atoms with E-state index in [4.69, 9.17) is 5.73 Å². The van der Waals surface area contributed by atoms with E-state index in [1.165, 1.54) is 18.4 Å². The summed E-state index contributed by atoms with van der Waals surface area (Å²) in [7, 11) is 0. The number of rotatable bonds is 7. The second-order valence-electron chi connectivity index (χ2n) is 7.69. The van der Waals surface area contributed by atoms with Gasteiger partial charge in [-0.1, -0.05) is 32.9 Å². The van der Waals surface area contributed by atoms with Gasteiger partial charge in [-0.15, -0.1) is 0 Å². The number of likely N-dealkylation sites (tertiary alicyclic amines) is 1. The molecule has 1 heterocycles. The molecule has 26 heavy (non-hydrogen) atoms. The van der Waals surface area contributed by atoms with Gasteiger partial charge in [0.25, 0.3) is 0 Å². The van der Waals surface area contributed by atoms with Gasteiger partial charge in [0.05, 0.1) is 12.6 Å². The third-order valence-electron chi connectivity index (χ3n) is 4.96. The highest BCUT2D eigenvalue weighted by atomic mass is 16.2. The van der Waals surface area contributed by atoms with Crippen LogP contribution >= 0.6 is 0 Å². The molecule has 1 fully saturated rings. The number of anilines is 1. The van der Waals surface area contributed by atoms with Crippen molar-refractivity contribution in [2.45, 2.75) is 46.2 Å². The molecule has 0 aliphatic carbocycles. The molecule has 0 aromatic heterocycles. The first kappa shape index (κ1) is 20.4. The first-order valence-corrected chi connectivity index (χ1v) is 9.49. The van der Waals surface area contributed by atoms with Crippen LogP contribution in [0.2, 0.25) is 0 Å². The Morgan fingerprint density at radius 2 is 1.81 bits per heavy atom. The third kappa shape index (κ3) is 6.42. The topological polar surface area (TPSA) is 87.5 Å². The first-order chi connectivity index (χ1) is 12.3. The Morgan fingerprint density at radius 3 is 2.38 bits per heavy atom. The van der Waals surface area contributed by atoms with E-state index in [2.05, 4.69) is 22.5 Å². The Hall–Kier alpha value is -1.92. The summed E-state index contributed by atoms with van der Waals surface area (Å²) in [5.41, 5.74) is 7.73. The second kappa shape index (κ2) is 9.69. The summed E-state index contributed by atoms with van der Waals surface area (Å²) in [6.07, 6.45) is 2.53. The Bertz CT molecular complexity index is 592. The molecule has 144 valence electrons. The molecule has 0 saturated carbocycles. The molecule has 4 N–H and O–H groups in total. The summed E-state index contributed by atoms with van der Waals surface area (Å²) < 4.78 is 0. The summed E-state index contributed by atoms with van der Waals surface area (Å²) >= 11 is 0. The van der Waals surface area contributed by atoms with Crippen molar-refractivity contribution in [3.63, 3.8) is 0 Å². The van der Waals surface area contributed by atoms with Gasteiger partial charge in [0, 0.05) is 12.2 Å². The quantitative estimate of drug-likeness (QED) is 0.694. The fourth-order valence-electron chi connectivity index (χ4n) is 2.97. The van der Waals surface area contributed by atoms with Crippen molar-refractivity contribution in [2.24, 2.45) is 17.6 Å². The van der Waals surface area contributed by atoms with Crippen LogP contribution in [-0.2, 0) is 16.1 Å². The van der Waals surface area contributed by atoms with Crippen LogP contribution in [0.15, 0.2) is 24.3 Å². The van der Waals surface area contributed by atoms with Crippen LogP contribution in [-0.4, -0.2) is 42.4 Å². The van der Waals surface area contributed by atoms with Gasteiger partial charge in [0.2, 0.25) is 11.8 Å². The lowest BCUT2D eigenvalue weighted by atomic mass is 9.99. The van der Waals surface area contributed by atoms with Crippen LogP contribution in [0.25, 0.3) is 0 Å². The number of hydrogen-bond donors (Lipinski definition) is 3. The van der Waals surface area contributed by atoms with Crippen molar-refractivity contribution in [2.75, 3.05) is 25.0 Å². The Kier molecular flexibility index (Phi) is 7.60. The molecule has 1 aromatic rings. The molecular formula is C20H32N4O2. The zero-order valence-corrected chi connectivity index (χ0v) is 16.1. The van der Waals surface area contributed by atoms with E-state index in [-0.39, 0.29) is 24.3 Å². The molecule has 1 aromatic carbocycles. The minimum atomic E-state index is -0.597. The molecule has 1 aliphatic heterocycles. The first-order valence-electron chi connectivity index (χ1n) is 9.49. The van der Waals surface area contributed by atoms with Crippen molar-refractivity contribution >= 4 is 17.5 Å². The normalized spacial score (nSPS) is 17.1. The summed E-state index contributed by atoms with van der Waals surface area (Å²) in [5.74, 6) is 0.307. The van der Waals surface area contributed by atoms with Crippen LogP contribution in [0, 0.1) is 11.8 Å². The van der Waals surface area contributed by atoms with Crippen molar-refractivity contribution < 1.29 is 9.59 Å². The van der Waals surface area contributed by atoms with E-state index < -0.39 is 6.04 Å². The lowest BCUT2D eigenvalue weighted by Gasteiger charge is -2.30. The van der Waals surface area contributed by atoms with Gasteiger partial charge in [-0.2, -0.15) is 0 Å². The van der Waals surface area contributed by atoms with Crippen LogP contribution in [0.4, 0.5) is 5.69 Å². The number of amides is 2. The van der Waals surface area contributed by atoms with Gasteiger partial charge < -0.3 is 16.4 Å². The average Bonchev–Trinajstić information content (AvgIpc) is 2.62. The number of benzene rings is 1. The Balaban J connectivity index is 1.76. The minimum Gasteiger partial charge on any atom is -0.346 e. The number of carbonyl (C=O) groups excluding carboxylic acids is 2. The number of nitrogens with two attached hydrogens (primary N) is 1. The second-order valence-corrected chi connectivity index (χ2v) is 7.69. The van der Waals surface area contributed by atoms with Crippen molar-refractivity contribution in [1.82, 2.24) is 10.2 Å². The molecule has 0 radical (unpaired) electrons. The fourth-order valence-corrected chi connectivity index (χ4v) is 2.97. The molecule has 1 aliphatic rings. The number of hydrogen-bond acceptors (Lipinski definition) is 4. The van der Waals surface area contributed by atoms with Gasteiger partial charge in [-0.3, -0.25) is 14.5 Å². The maximum atomic E-state index is 12.0. The molecule has 2 rings (SSSR count). The minimum absolute atomic E-state index is 0.0359. The number of nitrogens with zero attached hydrogens (tertiary/aromatic N) is 1. The van der Waals surface area contributed by atoms with Gasteiger partial charge in [0.15, 0.2) is 0 Å². The van der Waals surface area contributed by atoms with E-state index in [0.29, 0.717) is 0 Å². The van der Waals surface area contributed by atoms with Crippen LogP contribution in [0.3, 0.4) is 0 Å². The lowest BCUT2D eigenvalue weighted by Crippen LogP contribution is -2.46. The predicted molar refractivity (Wildman–Crippen MR) is 105 cm³/mol.